The number of benzene rings is 3. The molecule has 2 aliphatic rings. The van der Waals surface area contributed by atoms with E-state index in [2.05, 4.69) is 5.32 Å². The van der Waals surface area contributed by atoms with Gasteiger partial charge in [0.15, 0.2) is 11.0 Å². The Morgan fingerprint density at radius 2 is 1.83 bits per heavy atom. The van der Waals surface area contributed by atoms with Crippen LogP contribution < -0.4 is 15.0 Å². The van der Waals surface area contributed by atoms with E-state index in [0.29, 0.717) is 47.6 Å². The fraction of sp³-hybridized carbons (Fsp3) is 0.258. The van der Waals surface area contributed by atoms with E-state index in [1.165, 1.54) is 18.7 Å². The molecular formula is C31H32N4O4S2. The Morgan fingerprint density at radius 1 is 1.02 bits per heavy atom. The Morgan fingerprint density at radius 3 is 2.56 bits per heavy atom. The molecule has 5 rings (SSSR count). The van der Waals surface area contributed by atoms with Crippen molar-refractivity contribution in [3.05, 3.63) is 87.8 Å². The number of ether oxygens (including phenoxy) is 2. The van der Waals surface area contributed by atoms with E-state index in [4.69, 9.17) is 14.5 Å². The molecule has 8 nitrogen and oxygen atoms in total. The number of ketones is 1. The van der Waals surface area contributed by atoms with Crippen molar-refractivity contribution in [1.82, 2.24) is 4.90 Å². The van der Waals surface area contributed by atoms with Gasteiger partial charge in [-0.3, -0.25) is 14.5 Å². The van der Waals surface area contributed by atoms with Crippen molar-refractivity contribution >= 4 is 57.4 Å². The number of nitrogens with zero attached hydrogens (tertiary/aromatic N) is 3. The van der Waals surface area contributed by atoms with E-state index < -0.39 is 0 Å². The number of rotatable bonds is 10. The van der Waals surface area contributed by atoms with Gasteiger partial charge in [0.05, 0.1) is 35.2 Å². The zero-order chi connectivity index (χ0) is 28.9. The monoisotopic (exact) mass is 588 g/mol. The lowest BCUT2D eigenvalue weighted by Crippen LogP contribution is -2.29. The van der Waals surface area contributed by atoms with E-state index >= 15 is 0 Å². The molecule has 0 aliphatic carbocycles. The van der Waals surface area contributed by atoms with E-state index in [9.17, 15) is 9.59 Å². The maximum atomic E-state index is 14.0. The Kier molecular flexibility index (Phi) is 9.02. The summed E-state index contributed by atoms with van der Waals surface area (Å²) in [5.41, 5.74) is 3.97. The lowest BCUT2D eigenvalue weighted by molar-refractivity contribution is -0.122. The first-order valence-corrected chi connectivity index (χ1v) is 15.0. The van der Waals surface area contributed by atoms with E-state index in [1.807, 2.05) is 73.5 Å². The van der Waals surface area contributed by atoms with Crippen molar-refractivity contribution < 1.29 is 19.1 Å². The van der Waals surface area contributed by atoms with Gasteiger partial charge in [0.25, 0.3) is 5.91 Å². The quantitative estimate of drug-likeness (QED) is 0.163. The van der Waals surface area contributed by atoms with Gasteiger partial charge in [-0.1, -0.05) is 42.1 Å². The summed E-state index contributed by atoms with van der Waals surface area (Å²) in [6.45, 7) is 5.59. The molecule has 1 N–H and O–H groups in total. The third-order valence-corrected chi connectivity index (χ3v) is 9.02. The van der Waals surface area contributed by atoms with Crippen molar-refractivity contribution in [3.63, 3.8) is 0 Å². The number of hydrogen-bond acceptors (Lipinski definition) is 9. The third kappa shape index (κ3) is 6.29. The van der Waals surface area contributed by atoms with E-state index in [1.54, 1.807) is 35.9 Å². The lowest BCUT2D eigenvalue weighted by Gasteiger charge is -2.17. The lowest BCUT2D eigenvalue weighted by atomic mass is 10.1. The van der Waals surface area contributed by atoms with Gasteiger partial charge in [-0.25, -0.2) is 4.99 Å². The van der Waals surface area contributed by atoms with E-state index in [-0.39, 0.29) is 11.7 Å². The fourth-order valence-electron chi connectivity index (χ4n) is 4.47. The zero-order valence-electron chi connectivity index (χ0n) is 23.5. The first-order valence-electron chi connectivity index (χ1n) is 13.3. The van der Waals surface area contributed by atoms with Gasteiger partial charge in [0.1, 0.15) is 17.3 Å². The zero-order valence-corrected chi connectivity index (χ0v) is 25.1. The van der Waals surface area contributed by atoms with Crippen LogP contribution >= 0.6 is 23.5 Å². The second-order valence-corrected chi connectivity index (χ2v) is 11.5. The molecule has 0 unspecified atom stereocenters. The maximum absolute atomic E-state index is 14.0. The normalized spacial score (nSPS) is 17.4. The van der Waals surface area contributed by atoms with Crippen LogP contribution in [0, 0.1) is 0 Å². The van der Waals surface area contributed by atoms with Crippen LogP contribution in [0.15, 0.2) is 86.6 Å². The van der Waals surface area contributed by atoms with Gasteiger partial charge in [-0.2, -0.15) is 0 Å². The number of fused-ring (bicyclic) bond motifs is 1. The van der Waals surface area contributed by atoms with Crippen molar-refractivity contribution in [3.8, 4) is 5.75 Å². The molecule has 41 heavy (non-hydrogen) atoms. The van der Waals surface area contributed by atoms with Gasteiger partial charge in [-0.05, 0) is 61.5 Å². The van der Waals surface area contributed by atoms with Crippen LogP contribution in [0.2, 0.25) is 0 Å². The molecular weight excluding hydrogens is 556 g/mol. The van der Waals surface area contributed by atoms with Crippen molar-refractivity contribution in [2.75, 3.05) is 44.1 Å². The van der Waals surface area contributed by atoms with E-state index in [0.717, 1.165) is 32.6 Å². The molecule has 10 heteroatoms. The number of amides is 1. The SMILES string of the molecule is CCNc1ccc(C(C)=O)cc1N=C1S/C(=C2\Sc3ccc(OCCOC)cc3N2C)C(=O)N1Cc1ccccc1. The van der Waals surface area contributed by atoms with Gasteiger partial charge in [-0.15, -0.1) is 0 Å². The van der Waals surface area contributed by atoms with Gasteiger partial charge in [0.2, 0.25) is 0 Å². The summed E-state index contributed by atoms with van der Waals surface area (Å²) in [4.78, 5) is 36.6. The topological polar surface area (TPSA) is 83.5 Å². The predicted octanol–water partition coefficient (Wildman–Crippen LogP) is 6.52. The first-order chi connectivity index (χ1) is 19.9. The van der Waals surface area contributed by atoms with Crippen molar-refractivity contribution in [1.29, 1.82) is 0 Å². The highest BCUT2D eigenvalue weighted by Gasteiger charge is 2.39. The molecule has 0 radical (unpaired) electrons. The van der Waals surface area contributed by atoms with Crippen LogP contribution in [0.3, 0.4) is 0 Å². The van der Waals surface area contributed by atoms with Crippen molar-refractivity contribution in [2.45, 2.75) is 25.3 Å². The van der Waals surface area contributed by atoms with Crippen LogP contribution in [-0.4, -0.2) is 55.7 Å². The van der Waals surface area contributed by atoms with Crippen LogP contribution in [0.5, 0.6) is 5.75 Å². The predicted molar refractivity (Wildman–Crippen MR) is 167 cm³/mol. The number of hydrogen-bond donors (Lipinski definition) is 1. The Labute approximate surface area is 248 Å². The molecule has 2 heterocycles. The molecule has 0 spiro atoms. The molecule has 1 saturated heterocycles. The molecule has 3 aromatic rings. The smallest absolute Gasteiger partial charge is 0.269 e. The maximum Gasteiger partial charge on any atom is 0.269 e. The number of amidine groups is 1. The second-order valence-electron chi connectivity index (χ2n) is 9.46. The first kappa shape index (κ1) is 28.8. The van der Waals surface area contributed by atoms with Gasteiger partial charge in [0, 0.05) is 37.2 Å². The summed E-state index contributed by atoms with van der Waals surface area (Å²) in [6.07, 6.45) is 0. The van der Waals surface area contributed by atoms with Crippen molar-refractivity contribution in [2.24, 2.45) is 4.99 Å². The summed E-state index contributed by atoms with van der Waals surface area (Å²) in [6, 6.07) is 21.3. The highest BCUT2D eigenvalue weighted by Crippen LogP contribution is 2.51. The minimum Gasteiger partial charge on any atom is -0.491 e. The summed E-state index contributed by atoms with van der Waals surface area (Å²) >= 11 is 2.92. The molecule has 1 amide bonds. The standard InChI is InChI=1S/C31H32N4O4S2/c1-5-32-24-13-11-22(20(2)36)17-25(24)33-31-35(19-21-9-7-6-8-10-21)29(37)28(41-31)30-34(3)26-18-23(39-16-15-38-4)12-14-27(26)40-30/h6-14,17-18,32H,5,15-16,19H2,1-4H3/b30-28-,33-31?. The number of Topliss-reactive ketones (excluding diaryl/α,β-unsaturated/α-hetero) is 1. The molecule has 2 aliphatic heterocycles. The Bertz CT molecular complexity index is 1520. The molecule has 0 saturated carbocycles. The number of carbonyl (C=O) groups excluding carboxylic acids is 2. The number of methoxy groups -OCH3 is 1. The molecule has 0 aromatic heterocycles. The highest BCUT2D eigenvalue weighted by molar-refractivity contribution is 8.19. The second kappa shape index (κ2) is 12.8. The summed E-state index contributed by atoms with van der Waals surface area (Å²) in [7, 11) is 3.61. The largest absolute Gasteiger partial charge is 0.491 e. The summed E-state index contributed by atoms with van der Waals surface area (Å²) < 4.78 is 10.9. The number of anilines is 2. The highest BCUT2D eigenvalue weighted by atomic mass is 32.2. The average Bonchev–Trinajstić information content (AvgIpc) is 3.45. The molecule has 212 valence electrons. The number of nitrogens with one attached hydrogen (secondary N) is 1. The van der Waals surface area contributed by atoms with Crippen LogP contribution in [0.25, 0.3) is 0 Å². The molecule has 0 atom stereocenters. The number of carbonyl (C=O) groups is 2. The van der Waals surface area contributed by atoms with Gasteiger partial charge < -0.3 is 19.7 Å². The molecule has 1 fully saturated rings. The van der Waals surface area contributed by atoms with Crippen LogP contribution in [0.4, 0.5) is 17.1 Å². The minimum atomic E-state index is -0.107. The third-order valence-electron chi connectivity index (χ3n) is 6.59. The average molecular weight is 589 g/mol. The number of aliphatic imine (C=N–C) groups is 1. The fourth-order valence-corrected chi connectivity index (χ4v) is 6.78. The summed E-state index contributed by atoms with van der Waals surface area (Å²) in [5.74, 6) is 0.601. The minimum absolute atomic E-state index is 0.0408. The number of thioether (sulfide) groups is 2. The Balaban J connectivity index is 1.54. The summed E-state index contributed by atoms with van der Waals surface area (Å²) in [5, 5.41) is 4.73. The Hall–Kier alpha value is -3.73. The van der Waals surface area contributed by atoms with Gasteiger partial charge >= 0.3 is 0 Å². The molecule has 0 bridgehead atoms. The van der Waals surface area contributed by atoms with Crippen LogP contribution in [0.1, 0.15) is 29.8 Å². The molecule has 3 aromatic carbocycles. The van der Waals surface area contributed by atoms with Crippen LogP contribution in [-0.2, 0) is 16.1 Å².